The number of rotatable bonds is 3. The van der Waals surface area contributed by atoms with E-state index in [9.17, 15) is 0 Å². The van der Waals surface area contributed by atoms with Crippen molar-refractivity contribution in [3.63, 3.8) is 0 Å². The van der Waals surface area contributed by atoms with E-state index in [1.807, 2.05) is 11.7 Å². The van der Waals surface area contributed by atoms with Crippen molar-refractivity contribution >= 4 is 11.3 Å². The summed E-state index contributed by atoms with van der Waals surface area (Å²) in [6.45, 7) is 6.13. The Morgan fingerprint density at radius 3 is 3.21 bits per heavy atom. The van der Waals surface area contributed by atoms with E-state index in [0.717, 1.165) is 19.6 Å². The fourth-order valence-electron chi connectivity index (χ4n) is 1.69. The molecule has 0 spiro atoms. The van der Waals surface area contributed by atoms with E-state index < -0.39 is 0 Å². The summed E-state index contributed by atoms with van der Waals surface area (Å²) in [7, 11) is 0. The van der Waals surface area contributed by atoms with Crippen molar-refractivity contribution in [2.45, 2.75) is 38.5 Å². The first-order chi connectivity index (χ1) is 6.71. The van der Waals surface area contributed by atoms with Gasteiger partial charge in [0, 0.05) is 29.8 Å². The molecule has 1 saturated heterocycles. The largest absolute Gasteiger partial charge is 0.377 e. The standard InChI is InChI=1S/C10H16N2OS/c1-8-10(2,3-4-13-8)12-6-9-5-11-7-14-9/h5,7-8,12H,3-4,6H2,1-2H3. The highest BCUT2D eigenvalue weighted by Crippen LogP contribution is 2.25. The van der Waals surface area contributed by atoms with Crippen LogP contribution in [0, 0.1) is 0 Å². The van der Waals surface area contributed by atoms with Gasteiger partial charge in [-0.25, -0.2) is 0 Å². The van der Waals surface area contributed by atoms with Crippen molar-refractivity contribution in [1.29, 1.82) is 0 Å². The quantitative estimate of drug-likeness (QED) is 0.829. The normalized spacial score (nSPS) is 32.3. The smallest absolute Gasteiger partial charge is 0.0794 e. The summed E-state index contributed by atoms with van der Waals surface area (Å²) >= 11 is 1.69. The first-order valence-electron chi connectivity index (χ1n) is 4.95. The number of thiazole rings is 1. The maximum atomic E-state index is 5.56. The van der Waals surface area contributed by atoms with E-state index in [0.29, 0.717) is 6.10 Å². The summed E-state index contributed by atoms with van der Waals surface area (Å²) in [5.74, 6) is 0. The highest BCUT2D eigenvalue weighted by molar-refractivity contribution is 7.09. The van der Waals surface area contributed by atoms with Gasteiger partial charge in [0.2, 0.25) is 0 Å². The van der Waals surface area contributed by atoms with Gasteiger partial charge in [-0.3, -0.25) is 4.98 Å². The molecule has 3 nitrogen and oxygen atoms in total. The Bertz CT molecular complexity index is 288. The summed E-state index contributed by atoms with van der Waals surface area (Å²) in [6, 6.07) is 0. The molecule has 1 fully saturated rings. The van der Waals surface area contributed by atoms with Crippen LogP contribution in [0.15, 0.2) is 11.7 Å². The molecule has 2 heterocycles. The van der Waals surface area contributed by atoms with Gasteiger partial charge < -0.3 is 10.1 Å². The summed E-state index contributed by atoms with van der Waals surface area (Å²) in [6.07, 6.45) is 3.31. The monoisotopic (exact) mass is 212 g/mol. The molecule has 1 aromatic heterocycles. The third-order valence-electron chi connectivity index (χ3n) is 3.04. The Labute approximate surface area is 88.5 Å². The van der Waals surface area contributed by atoms with Crippen LogP contribution >= 0.6 is 11.3 Å². The number of ether oxygens (including phenoxy) is 1. The lowest BCUT2D eigenvalue weighted by molar-refractivity contribution is 0.0882. The molecule has 2 atom stereocenters. The van der Waals surface area contributed by atoms with Gasteiger partial charge in [0.05, 0.1) is 11.6 Å². The van der Waals surface area contributed by atoms with Gasteiger partial charge in [-0.15, -0.1) is 11.3 Å². The van der Waals surface area contributed by atoms with E-state index in [1.54, 1.807) is 11.3 Å². The van der Waals surface area contributed by atoms with Crippen molar-refractivity contribution < 1.29 is 4.74 Å². The lowest BCUT2D eigenvalue weighted by Gasteiger charge is -2.28. The predicted molar refractivity (Wildman–Crippen MR) is 57.4 cm³/mol. The third kappa shape index (κ3) is 1.97. The molecule has 0 aliphatic carbocycles. The summed E-state index contributed by atoms with van der Waals surface area (Å²) in [5, 5.41) is 3.56. The molecule has 0 aromatic carbocycles. The Kier molecular flexibility index (Phi) is 2.85. The SMILES string of the molecule is CC1OCCC1(C)NCc1cncs1. The van der Waals surface area contributed by atoms with Crippen molar-refractivity contribution in [2.75, 3.05) is 6.61 Å². The maximum Gasteiger partial charge on any atom is 0.0794 e. The van der Waals surface area contributed by atoms with Gasteiger partial charge in [-0.1, -0.05) is 0 Å². The lowest BCUT2D eigenvalue weighted by Crippen LogP contribution is -2.47. The molecular weight excluding hydrogens is 196 g/mol. The summed E-state index contributed by atoms with van der Waals surface area (Å²) < 4.78 is 5.56. The molecule has 1 aromatic rings. The molecular formula is C10H16N2OS. The highest BCUT2D eigenvalue weighted by Gasteiger charge is 2.36. The molecule has 14 heavy (non-hydrogen) atoms. The van der Waals surface area contributed by atoms with Gasteiger partial charge in [0.25, 0.3) is 0 Å². The van der Waals surface area contributed by atoms with Gasteiger partial charge >= 0.3 is 0 Å². The van der Waals surface area contributed by atoms with E-state index in [1.165, 1.54) is 4.88 Å². The molecule has 1 aliphatic rings. The zero-order chi connectivity index (χ0) is 10.0. The molecule has 0 bridgehead atoms. The van der Waals surface area contributed by atoms with Crippen LogP contribution in [0.2, 0.25) is 0 Å². The fourth-order valence-corrected chi connectivity index (χ4v) is 2.22. The Balaban J connectivity index is 1.91. The molecule has 0 amide bonds. The molecule has 78 valence electrons. The first kappa shape index (κ1) is 10.1. The van der Waals surface area contributed by atoms with E-state index in [4.69, 9.17) is 4.74 Å². The summed E-state index contributed by atoms with van der Waals surface area (Å²) in [4.78, 5) is 5.34. The van der Waals surface area contributed by atoms with Crippen LogP contribution in [0.25, 0.3) is 0 Å². The average Bonchev–Trinajstić information content (AvgIpc) is 2.75. The Morgan fingerprint density at radius 2 is 2.64 bits per heavy atom. The van der Waals surface area contributed by atoms with E-state index in [2.05, 4.69) is 24.1 Å². The number of aromatic nitrogens is 1. The molecule has 1 N–H and O–H groups in total. The Morgan fingerprint density at radius 1 is 1.79 bits per heavy atom. The first-order valence-corrected chi connectivity index (χ1v) is 5.83. The van der Waals surface area contributed by atoms with Crippen LogP contribution in [-0.4, -0.2) is 23.2 Å². The third-order valence-corrected chi connectivity index (χ3v) is 3.82. The summed E-state index contributed by atoms with van der Waals surface area (Å²) in [5.41, 5.74) is 2.00. The minimum absolute atomic E-state index is 0.129. The Hall–Kier alpha value is -0.450. The van der Waals surface area contributed by atoms with Crippen LogP contribution in [0.4, 0.5) is 0 Å². The zero-order valence-corrected chi connectivity index (χ0v) is 9.43. The van der Waals surface area contributed by atoms with E-state index in [-0.39, 0.29) is 5.54 Å². The molecule has 0 radical (unpaired) electrons. The highest BCUT2D eigenvalue weighted by atomic mass is 32.1. The van der Waals surface area contributed by atoms with Gasteiger partial charge in [-0.05, 0) is 20.3 Å². The number of hydrogen-bond acceptors (Lipinski definition) is 4. The molecule has 2 unspecified atom stereocenters. The number of nitrogens with zero attached hydrogens (tertiary/aromatic N) is 1. The second-order valence-electron chi connectivity index (χ2n) is 4.00. The lowest BCUT2D eigenvalue weighted by atomic mass is 9.95. The number of hydrogen-bond donors (Lipinski definition) is 1. The van der Waals surface area contributed by atoms with Crippen molar-refractivity contribution in [1.82, 2.24) is 10.3 Å². The molecule has 1 aliphatic heterocycles. The molecule has 0 saturated carbocycles. The van der Waals surface area contributed by atoms with Crippen molar-refractivity contribution in [2.24, 2.45) is 0 Å². The molecule has 4 heteroatoms. The molecule has 2 rings (SSSR count). The van der Waals surface area contributed by atoms with Crippen LogP contribution in [0.5, 0.6) is 0 Å². The minimum atomic E-state index is 0.129. The van der Waals surface area contributed by atoms with E-state index >= 15 is 0 Å². The van der Waals surface area contributed by atoms with Crippen LogP contribution in [-0.2, 0) is 11.3 Å². The van der Waals surface area contributed by atoms with Gasteiger partial charge in [0.1, 0.15) is 0 Å². The van der Waals surface area contributed by atoms with Gasteiger partial charge in [-0.2, -0.15) is 0 Å². The van der Waals surface area contributed by atoms with Crippen LogP contribution in [0.3, 0.4) is 0 Å². The topological polar surface area (TPSA) is 34.1 Å². The van der Waals surface area contributed by atoms with Crippen molar-refractivity contribution in [3.05, 3.63) is 16.6 Å². The van der Waals surface area contributed by atoms with Gasteiger partial charge in [0.15, 0.2) is 0 Å². The van der Waals surface area contributed by atoms with Crippen molar-refractivity contribution in [3.8, 4) is 0 Å². The maximum absolute atomic E-state index is 5.56. The van der Waals surface area contributed by atoms with Crippen LogP contribution in [0.1, 0.15) is 25.1 Å². The second kappa shape index (κ2) is 3.96. The second-order valence-corrected chi connectivity index (χ2v) is 4.97. The predicted octanol–water partition coefficient (Wildman–Crippen LogP) is 1.80. The fraction of sp³-hybridized carbons (Fsp3) is 0.700. The van der Waals surface area contributed by atoms with Crippen LogP contribution < -0.4 is 5.32 Å². The minimum Gasteiger partial charge on any atom is -0.377 e. The number of nitrogens with one attached hydrogen (secondary N) is 1. The zero-order valence-electron chi connectivity index (χ0n) is 8.62. The average molecular weight is 212 g/mol.